The molecule has 3 heterocycles. The molecule has 1 saturated carbocycles. The van der Waals surface area contributed by atoms with Crippen LogP contribution in [-0.4, -0.2) is 55.0 Å². The number of fused-ring (bicyclic) bond motifs is 3. The van der Waals surface area contributed by atoms with E-state index in [9.17, 15) is 20.1 Å². The summed E-state index contributed by atoms with van der Waals surface area (Å²) in [5.74, 6) is 0.417. The van der Waals surface area contributed by atoms with Crippen molar-refractivity contribution in [3.05, 3.63) is 115 Å². The zero-order valence-corrected chi connectivity index (χ0v) is 30.9. The van der Waals surface area contributed by atoms with Gasteiger partial charge in [0, 0.05) is 39.7 Å². The maximum Gasteiger partial charge on any atom is 0.337 e. The Morgan fingerprint density at radius 2 is 1.38 bits per heavy atom. The molecule has 0 bridgehead atoms. The van der Waals surface area contributed by atoms with Crippen LogP contribution in [-0.2, 0) is 0 Å². The SMILES string of the molecule is COc1cccc(O)c1-c1ccc2cc(-c3nc4c(-c5ccc6ncccc6c5)c(C(=O)O)c(-c5c(O)cccc5OC)cc4n3C3CCCCC3)ccc2n1. The third-order valence-electron chi connectivity index (χ3n) is 11.0. The summed E-state index contributed by atoms with van der Waals surface area (Å²) >= 11 is 0. The van der Waals surface area contributed by atoms with Crippen LogP contribution in [0.15, 0.2) is 109 Å². The van der Waals surface area contributed by atoms with Crippen molar-refractivity contribution in [1.29, 1.82) is 0 Å². The van der Waals surface area contributed by atoms with Gasteiger partial charge in [-0.1, -0.05) is 49.6 Å². The minimum atomic E-state index is -1.16. The van der Waals surface area contributed by atoms with Gasteiger partial charge < -0.3 is 29.4 Å². The van der Waals surface area contributed by atoms with Crippen LogP contribution < -0.4 is 9.47 Å². The summed E-state index contributed by atoms with van der Waals surface area (Å²) in [4.78, 5) is 28.4. The predicted octanol–water partition coefficient (Wildman–Crippen LogP) is 10.4. The van der Waals surface area contributed by atoms with Crippen molar-refractivity contribution in [2.24, 2.45) is 0 Å². The third-order valence-corrected chi connectivity index (χ3v) is 11.0. The molecule has 1 fully saturated rings. The number of phenols is 2. The monoisotopic (exact) mass is 742 g/mol. The molecule has 10 heteroatoms. The average molecular weight is 743 g/mol. The molecule has 0 aliphatic heterocycles. The van der Waals surface area contributed by atoms with Gasteiger partial charge in [0.2, 0.25) is 0 Å². The molecule has 3 N–H and O–H groups in total. The highest BCUT2D eigenvalue weighted by Crippen LogP contribution is 2.48. The van der Waals surface area contributed by atoms with E-state index in [1.165, 1.54) is 7.11 Å². The number of pyridine rings is 2. The number of methoxy groups -OCH3 is 2. The summed E-state index contributed by atoms with van der Waals surface area (Å²) in [7, 11) is 3.07. The summed E-state index contributed by atoms with van der Waals surface area (Å²) in [5, 5.41) is 34.9. The highest BCUT2D eigenvalue weighted by Gasteiger charge is 2.31. The molecule has 1 aliphatic carbocycles. The van der Waals surface area contributed by atoms with Gasteiger partial charge in [0.15, 0.2) is 0 Å². The van der Waals surface area contributed by atoms with Gasteiger partial charge in [-0.3, -0.25) is 4.98 Å². The van der Waals surface area contributed by atoms with Crippen molar-refractivity contribution in [3.63, 3.8) is 0 Å². The first-order chi connectivity index (χ1) is 27.3. The number of aromatic nitrogens is 4. The van der Waals surface area contributed by atoms with Crippen LogP contribution >= 0.6 is 0 Å². The minimum Gasteiger partial charge on any atom is -0.507 e. The van der Waals surface area contributed by atoms with E-state index in [4.69, 9.17) is 19.4 Å². The van der Waals surface area contributed by atoms with Crippen LogP contribution in [0.5, 0.6) is 23.0 Å². The van der Waals surface area contributed by atoms with E-state index < -0.39 is 5.97 Å². The Morgan fingerprint density at radius 1 is 0.696 bits per heavy atom. The maximum absolute atomic E-state index is 13.6. The number of nitrogens with zero attached hydrogens (tertiary/aromatic N) is 4. The molecule has 0 amide bonds. The fourth-order valence-electron chi connectivity index (χ4n) is 8.38. The Kier molecular flexibility index (Phi) is 8.73. The molecule has 0 unspecified atom stereocenters. The molecule has 1 aliphatic rings. The fraction of sp³-hybridized carbons (Fsp3) is 0.174. The average Bonchev–Trinajstić information content (AvgIpc) is 3.61. The molecule has 8 aromatic rings. The number of carbonyl (C=O) groups is 1. The largest absolute Gasteiger partial charge is 0.507 e. The number of imidazole rings is 1. The van der Waals surface area contributed by atoms with Crippen LogP contribution in [0.2, 0.25) is 0 Å². The number of aromatic hydroxyl groups is 2. The minimum absolute atomic E-state index is 0.00946. The molecular weight excluding hydrogens is 705 g/mol. The molecule has 0 radical (unpaired) electrons. The van der Waals surface area contributed by atoms with Gasteiger partial charge in [-0.15, -0.1) is 0 Å². The van der Waals surface area contributed by atoms with Crippen molar-refractivity contribution in [2.45, 2.75) is 38.1 Å². The van der Waals surface area contributed by atoms with Gasteiger partial charge in [0.1, 0.15) is 28.8 Å². The normalized spacial score (nSPS) is 13.4. The molecule has 10 nitrogen and oxygen atoms in total. The van der Waals surface area contributed by atoms with Crippen molar-refractivity contribution in [3.8, 4) is 67.9 Å². The Bertz CT molecular complexity index is 2840. The molecule has 56 heavy (non-hydrogen) atoms. The van der Waals surface area contributed by atoms with E-state index in [1.807, 2.05) is 60.7 Å². The number of ether oxygens (including phenoxy) is 2. The van der Waals surface area contributed by atoms with Gasteiger partial charge in [-0.2, -0.15) is 0 Å². The first kappa shape index (κ1) is 34.8. The molecular formula is C46H38N4O6. The Morgan fingerprint density at radius 3 is 2.12 bits per heavy atom. The lowest BCUT2D eigenvalue weighted by Gasteiger charge is -2.26. The lowest BCUT2D eigenvalue weighted by Crippen LogP contribution is -2.14. The number of aromatic carboxylic acids is 1. The smallest absolute Gasteiger partial charge is 0.337 e. The van der Waals surface area contributed by atoms with E-state index >= 15 is 0 Å². The predicted molar refractivity (Wildman–Crippen MR) is 218 cm³/mol. The highest BCUT2D eigenvalue weighted by molar-refractivity contribution is 6.13. The summed E-state index contributed by atoms with van der Waals surface area (Å²) in [5.41, 5.74) is 6.51. The third kappa shape index (κ3) is 5.81. The van der Waals surface area contributed by atoms with Gasteiger partial charge in [0.25, 0.3) is 0 Å². The van der Waals surface area contributed by atoms with E-state index in [0.29, 0.717) is 56.4 Å². The van der Waals surface area contributed by atoms with Gasteiger partial charge in [-0.25, -0.2) is 14.8 Å². The first-order valence-electron chi connectivity index (χ1n) is 18.7. The Hall–Kier alpha value is -6.94. The number of carboxylic acid groups (broad SMARTS) is 1. The molecule has 5 aromatic carbocycles. The summed E-state index contributed by atoms with van der Waals surface area (Å²) < 4.78 is 13.6. The van der Waals surface area contributed by atoms with E-state index in [2.05, 4.69) is 15.6 Å². The molecule has 0 spiro atoms. The first-order valence-corrected chi connectivity index (χ1v) is 18.7. The zero-order valence-electron chi connectivity index (χ0n) is 30.9. The van der Waals surface area contributed by atoms with Crippen molar-refractivity contribution >= 4 is 38.8 Å². The standard InChI is InChI=1S/C46H38N4O6/c1-55-38-14-6-12-36(51)41(38)31-25-35-44(40(42(31)46(53)54)28-17-19-32-26(23-28)9-8-22-47-32)49-45(50(35)30-10-4-3-5-11-30)29-18-20-33-27(24-29)16-21-34(48-33)43-37(52)13-7-15-39(43)56-2/h6-9,12-25,30,51-52H,3-5,10-11H2,1-2H3,(H,53,54). The van der Waals surface area contributed by atoms with Crippen molar-refractivity contribution < 1.29 is 29.6 Å². The van der Waals surface area contributed by atoms with Crippen LogP contribution in [0.1, 0.15) is 48.5 Å². The molecule has 3 aromatic heterocycles. The topological polar surface area (TPSA) is 140 Å². The number of rotatable bonds is 8. The summed E-state index contributed by atoms with van der Waals surface area (Å²) in [6.45, 7) is 0. The van der Waals surface area contributed by atoms with Crippen LogP contribution in [0.3, 0.4) is 0 Å². The fourth-order valence-corrected chi connectivity index (χ4v) is 8.38. The van der Waals surface area contributed by atoms with E-state index in [-0.39, 0.29) is 23.1 Å². The highest BCUT2D eigenvalue weighted by atomic mass is 16.5. The Balaban J connectivity index is 1.34. The van der Waals surface area contributed by atoms with Gasteiger partial charge >= 0.3 is 5.97 Å². The molecule has 9 rings (SSSR count). The lowest BCUT2D eigenvalue weighted by molar-refractivity contribution is 0.0698. The second kappa shape index (κ2) is 14.0. The van der Waals surface area contributed by atoms with Crippen molar-refractivity contribution in [1.82, 2.24) is 19.5 Å². The number of benzene rings is 5. The van der Waals surface area contributed by atoms with Gasteiger partial charge in [0.05, 0.1) is 58.7 Å². The molecule has 278 valence electrons. The second-order valence-electron chi connectivity index (χ2n) is 14.2. The number of phenolic OH excluding ortho intramolecular Hbond substituents is 2. The van der Waals surface area contributed by atoms with E-state index in [1.54, 1.807) is 49.7 Å². The van der Waals surface area contributed by atoms with Crippen LogP contribution in [0.25, 0.3) is 77.7 Å². The maximum atomic E-state index is 13.6. The molecule has 0 atom stereocenters. The molecule has 0 saturated heterocycles. The zero-order chi connectivity index (χ0) is 38.5. The van der Waals surface area contributed by atoms with E-state index in [0.717, 1.165) is 65.0 Å². The van der Waals surface area contributed by atoms with Crippen LogP contribution in [0.4, 0.5) is 0 Å². The quantitative estimate of drug-likeness (QED) is 0.139. The van der Waals surface area contributed by atoms with Crippen molar-refractivity contribution in [2.75, 3.05) is 14.2 Å². The second-order valence-corrected chi connectivity index (χ2v) is 14.2. The van der Waals surface area contributed by atoms with Crippen LogP contribution in [0, 0.1) is 0 Å². The number of hydrogen-bond donors (Lipinski definition) is 3. The summed E-state index contributed by atoms with van der Waals surface area (Å²) in [6, 6.07) is 31.4. The lowest BCUT2D eigenvalue weighted by atomic mass is 9.88. The summed E-state index contributed by atoms with van der Waals surface area (Å²) in [6.07, 6.45) is 6.86. The number of carboxylic acids is 1. The number of hydrogen-bond acceptors (Lipinski definition) is 8. The van der Waals surface area contributed by atoms with Gasteiger partial charge in [-0.05, 0) is 91.2 Å². The Labute approximate surface area is 322 Å².